The van der Waals surface area contributed by atoms with Crippen LogP contribution in [0.2, 0.25) is 0 Å². The van der Waals surface area contributed by atoms with Crippen LogP contribution >= 0.6 is 24.8 Å². The van der Waals surface area contributed by atoms with E-state index in [4.69, 9.17) is 5.11 Å². The number of halogens is 2. The second-order valence-electron chi connectivity index (χ2n) is 2.05. The zero-order valence-electron chi connectivity index (χ0n) is 5.87. The van der Waals surface area contributed by atoms with Crippen LogP contribution in [0.15, 0.2) is 0 Å². The summed E-state index contributed by atoms with van der Waals surface area (Å²) in [7, 11) is 0. The fourth-order valence-electron chi connectivity index (χ4n) is 0.828. The average molecular weight is 203 g/mol. The number of carboxylic acid groups (broad SMARTS) is 1. The number of carboxylic acids is 1. The fourth-order valence-corrected chi connectivity index (χ4v) is 0.828. The van der Waals surface area contributed by atoms with Crippen molar-refractivity contribution in [2.75, 3.05) is 19.6 Å². The molecule has 1 aliphatic heterocycles. The number of rotatable bonds is 1. The SMILES string of the molecule is Cl.Cl.O=C(O)[C@H]1CNCCN1. The Bertz CT molecular complexity index is 117. The monoisotopic (exact) mass is 202 g/mol. The first-order valence-corrected chi connectivity index (χ1v) is 2.97. The Balaban J connectivity index is 0. The van der Waals surface area contributed by atoms with E-state index in [1.54, 1.807) is 0 Å². The molecule has 6 heteroatoms. The van der Waals surface area contributed by atoms with Crippen molar-refractivity contribution >= 4 is 30.8 Å². The number of piperazine rings is 1. The Morgan fingerprint density at radius 2 is 2.00 bits per heavy atom. The van der Waals surface area contributed by atoms with Gasteiger partial charge in [-0.15, -0.1) is 24.8 Å². The van der Waals surface area contributed by atoms with Crippen LogP contribution in [0.4, 0.5) is 0 Å². The predicted molar refractivity (Wildman–Crippen MR) is 46.8 cm³/mol. The molecule has 1 heterocycles. The second kappa shape index (κ2) is 6.67. The molecule has 1 fully saturated rings. The molecule has 3 N–H and O–H groups in total. The van der Waals surface area contributed by atoms with Crippen molar-refractivity contribution in [2.45, 2.75) is 6.04 Å². The number of hydrogen-bond donors (Lipinski definition) is 3. The number of carbonyl (C=O) groups is 1. The van der Waals surface area contributed by atoms with E-state index in [0.29, 0.717) is 6.54 Å². The molecule has 1 saturated heterocycles. The van der Waals surface area contributed by atoms with Gasteiger partial charge in [-0.1, -0.05) is 0 Å². The Labute approximate surface area is 77.6 Å². The van der Waals surface area contributed by atoms with Crippen molar-refractivity contribution < 1.29 is 9.90 Å². The lowest BCUT2D eigenvalue weighted by Crippen LogP contribution is -2.52. The Kier molecular flexibility index (Phi) is 8.21. The van der Waals surface area contributed by atoms with Crippen molar-refractivity contribution in [3.63, 3.8) is 0 Å². The van der Waals surface area contributed by atoms with Gasteiger partial charge in [0.05, 0.1) is 0 Å². The van der Waals surface area contributed by atoms with E-state index >= 15 is 0 Å². The third-order valence-corrected chi connectivity index (χ3v) is 1.34. The maximum atomic E-state index is 10.3. The molecule has 11 heavy (non-hydrogen) atoms. The van der Waals surface area contributed by atoms with E-state index < -0.39 is 12.0 Å². The predicted octanol–water partition coefficient (Wildman–Crippen LogP) is -0.524. The molecule has 0 aromatic rings. The van der Waals surface area contributed by atoms with Crippen molar-refractivity contribution in [2.24, 2.45) is 0 Å². The molecule has 0 aromatic carbocycles. The van der Waals surface area contributed by atoms with Crippen LogP contribution in [0.1, 0.15) is 0 Å². The van der Waals surface area contributed by atoms with Crippen LogP contribution in [0.3, 0.4) is 0 Å². The lowest BCUT2D eigenvalue weighted by molar-refractivity contribution is -0.139. The molecule has 1 aliphatic rings. The molecule has 0 bridgehead atoms. The van der Waals surface area contributed by atoms with E-state index in [-0.39, 0.29) is 24.8 Å². The number of hydrogen-bond acceptors (Lipinski definition) is 3. The third-order valence-electron chi connectivity index (χ3n) is 1.34. The van der Waals surface area contributed by atoms with E-state index in [0.717, 1.165) is 13.1 Å². The molecule has 0 aromatic heterocycles. The molecule has 0 spiro atoms. The molecule has 1 atom stereocenters. The largest absolute Gasteiger partial charge is 0.480 e. The minimum Gasteiger partial charge on any atom is -0.480 e. The summed E-state index contributed by atoms with van der Waals surface area (Å²) in [5.41, 5.74) is 0. The van der Waals surface area contributed by atoms with Gasteiger partial charge in [0, 0.05) is 19.6 Å². The van der Waals surface area contributed by atoms with Gasteiger partial charge in [0.2, 0.25) is 0 Å². The summed E-state index contributed by atoms with van der Waals surface area (Å²) >= 11 is 0. The normalized spacial score (nSPS) is 22.7. The molecule has 0 radical (unpaired) electrons. The summed E-state index contributed by atoms with van der Waals surface area (Å²) in [5.74, 6) is -0.776. The molecular weight excluding hydrogens is 191 g/mol. The third kappa shape index (κ3) is 4.42. The van der Waals surface area contributed by atoms with Gasteiger partial charge in [-0.25, -0.2) is 0 Å². The minimum absolute atomic E-state index is 0. The van der Waals surface area contributed by atoms with Crippen LogP contribution in [0.25, 0.3) is 0 Å². The van der Waals surface area contributed by atoms with E-state index in [1.165, 1.54) is 0 Å². The average Bonchev–Trinajstić information content (AvgIpc) is 1.90. The standard InChI is InChI=1S/C5H10N2O2.2ClH/c8-5(9)4-3-6-1-2-7-4;;/h4,6-7H,1-3H2,(H,8,9);2*1H/t4-;;/m1../s1. The highest BCUT2D eigenvalue weighted by atomic mass is 35.5. The van der Waals surface area contributed by atoms with Crippen molar-refractivity contribution in [3.05, 3.63) is 0 Å². The van der Waals surface area contributed by atoms with Crippen LogP contribution in [-0.2, 0) is 4.79 Å². The molecule has 0 unspecified atom stereocenters. The van der Waals surface area contributed by atoms with E-state index in [1.807, 2.05) is 0 Å². The van der Waals surface area contributed by atoms with Gasteiger partial charge in [-0.05, 0) is 0 Å². The van der Waals surface area contributed by atoms with Crippen LogP contribution in [-0.4, -0.2) is 36.8 Å². The van der Waals surface area contributed by atoms with Gasteiger partial charge >= 0.3 is 5.97 Å². The molecule has 68 valence electrons. The quantitative estimate of drug-likeness (QED) is 0.536. The molecule has 4 nitrogen and oxygen atoms in total. The van der Waals surface area contributed by atoms with Gasteiger partial charge in [0.25, 0.3) is 0 Å². The van der Waals surface area contributed by atoms with Crippen molar-refractivity contribution in [1.29, 1.82) is 0 Å². The highest BCUT2D eigenvalue weighted by Gasteiger charge is 2.18. The highest BCUT2D eigenvalue weighted by molar-refractivity contribution is 5.85. The zero-order valence-corrected chi connectivity index (χ0v) is 7.50. The first-order valence-electron chi connectivity index (χ1n) is 2.97. The van der Waals surface area contributed by atoms with E-state index in [2.05, 4.69) is 10.6 Å². The van der Waals surface area contributed by atoms with Gasteiger partial charge < -0.3 is 15.7 Å². The van der Waals surface area contributed by atoms with Crippen molar-refractivity contribution in [1.82, 2.24) is 10.6 Å². The Morgan fingerprint density at radius 3 is 2.27 bits per heavy atom. The summed E-state index contributed by atoms with van der Waals surface area (Å²) < 4.78 is 0. The lowest BCUT2D eigenvalue weighted by Gasteiger charge is -2.20. The first kappa shape index (κ1) is 13.6. The Hall–Kier alpha value is -0.0300. The summed E-state index contributed by atoms with van der Waals surface area (Å²) in [6.45, 7) is 2.15. The van der Waals surface area contributed by atoms with Crippen molar-refractivity contribution in [3.8, 4) is 0 Å². The molecule has 1 rings (SSSR count). The lowest BCUT2D eigenvalue weighted by atomic mass is 10.2. The summed E-state index contributed by atoms with van der Waals surface area (Å²) in [6.07, 6.45) is 0. The zero-order chi connectivity index (χ0) is 6.69. The fraction of sp³-hybridized carbons (Fsp3) is 0.800. The van der Waals surface area contributed by atoms with Crippen LogP contribution < -0.4 is 10.6 Å². The summed E-state index contributed by atoms with van der Waals surface area (Å²) in [6, 6.07) is -0.390. The number of aliphatic carboxylic acids is 1. The van der Waals surface area contributed by atoms with Gasteiger partial charge in [0.1, 0.15) is 6.04 Å². The maximum Gasteiger partial charge on any atom is 0.322 e. The van der Waals surface area contributed by atoms with Gasteiger partial charge in [-0.2, -0.15) is 0 Å². The van der Waals surface area contributed by atoms with Crippen LogP contribution in [0.5, 0.6) is 0 Å². The highest BCUT2D eigenvalue weighted by Crippen LogP contribution is 1.84. The van der Waals surface area contributed by atoms with Gasteiger partial charge in [0.15, 0.2) is 0 Å². The first-order chi connectivity index (χ1) is 4.30. The van der Waals surface area contributed by atoms with Gasteiger partial charge in [-0.3, -0.25) is 4.79 Å². The topological polar surface area (TPSA) is 61.4 Å². The maximum absolute atomic E-state index is 10.3. The molecule has 0 saturated carbocycles. The summed E-state index contributed by atoms with van der Waals surface area (Å²) in [5, 5.41) is 14.3. The van der Waals surface area contributed by atoms with E-state index in [9.17, 15) is 4.79 Å². The second-order valence-corrected chi connectivity index (χ2v) is 2.05. The summed E-state index contributed by atoms with van der Waals surface area (Å²) in [4.78, 5) is 10.3. The smallest absolute Gasteiger partial charge is 0.322 e. The molecular formula is C5H12Cl2N2O2. The number of nitrogens with one attached hydrogen (secondary N) is 2. The molecule has 0 aliphatic carbocycles. The Morgan fingerprint density at radius 1 is 1.36 bits per heavy atom. The van der Waals surface area contributed by atoms with Crippen LogP contribution in [0, 0.1) is 0 Å². The minimum atomic E-state index is -0.776. The molecule has 0 amide bonds.